The third-order valence-corrected chi connectivity index (χ3v) is 5.17. The van der Waals surface area contributed by atoms with Crippen LogP contribution < -0.4 is 10.5 Å². The van der Waals surface area contributed by atoms with Crippen LogP contribution in [0.5, 0.6) is 5.75 Å². The minimum Gasteiger partial charge on any atom is -0.492 e. The summed E-state index contributed by atoms with van der Waals surface area (Å²) in [6.45, 7) is 5.52. The summed E-state index contributed by atoms with van der Waals surface area (Å²) in [4.78, 5) is 1.40. The van der Waals surface area contributed by atoms with E-state index in [0.717, 1.165) is 18.8 Å². The van der Waals surface area contributed by atoms with Gasteiger partial charge in [0.2, 0.25) is 0 Å². The van der Waals surface area contributed by atoms with Gasteiger partial charge >= 0.3 is 0 Å². The molecule has 3 rings (SSSR count). The number of thioether (sulfide) groups is 1. The molecule has 0 bridgehead atoms. The van der Waals surface area contributed by atoms with Crippen LogP contribution in [0.1, 0.15) is 22.3 Å². The molecule has 0 aromatic heterocycles. The highest BCUT2D eigenvalue weighted by Crippen LogP contribution is 2.37. The Labute approximate surface area is 130 Å². The first-order chi connectivity index (χ1) is 10.2. The third kappa shape index (κ3) is 3.09. The van der Waals surface area contributed by atoms with Gasteiger partial charge in [0.05, 0.1) is 0 Å². The molecule has 0 aliphatic carbocycles. The smallest absolute Gasteiger partial charge is 0.125 e. The normalized spacial score (nSPS) is 16.8. The molecular formula is C18H21NOS. The van der Waals surface area contributed by atoms with Crippen molar-refractivity contribution in [3.05, 3.63) is 58.7 Å². The minimum atomic E-state index is 0.510. The number of benzene rings is 2. The molecule has 1 aliphatic rings. The predicted octanol–water partition coefficient (Wildman–Crippen LogP) is 3.86. The Bertz CT molecular complexity index is 605. The van der Waals surface area contributed by atoms with Gasteiger partial charge in [0.15, 0.2) is 0 Å². The van der Waals surface area contributed by atoms with E-state index in [1.165, 1.54) is 27.1 Å². The number of hydrogen-bond acceptors (Lipinski definition) is 3. The van der Waals surface area contributed by atoms with Crippen LogP contribution in [0.2, 0.25) is 0 Å². The second-order valence-corrected chi connectivity index (χ2v) is 6.97. The van der Waals surface area contributed by atoms with Gasteiger partial charge in [-0.1, -0.05) is 30.3 Å². The van der Waals surface area contributed by atoms with Crippen molar-refractivity contribution in [2.75, 3.05) is 6.61 Å². The van der Waals surface area contributed by atoms with Crippen molar-refractivity contribution in [2.45, 2.75) is 37.0 Å². The van der Waals surface area contributed by atoms with Crippen molar-refractivity contribution >= 4 is 11.8 Å². The van der Waals surface area contributed by atoms with E-state index in [-0.39, 0.29) is 0 Å². The van der Waals surface area contributed by atoms with Crippen molar-refractivity contribution < 1.29 is 4.74 Å². The highest BCUT2D eigenvalue weighted by Gasteiger charge is 2.22. The zero-order valence-electron chi connectivity index (χ0n) is 12.6. The second kappa shape index (κ2) is 6.12. The van der Waals surface area contributed by atoms with Gasteiger partial charge in [0.1, 0.15) is 12.4 Å². The highest BCUT2D eigenvalue weighted by molar-refractivity contribution is 8.00. The maximum Gasteiger partial charge on any atom is 0.125 e. The topological polar surface area (TPSA) is 35.2 Å². The number of rotatable bonds is 4. The van der Waals surface area contributed by atoms with E-state index in [1.807, 2.05) is 11.8 Å². The van der Waals surface area contributed by atoms with Crippen LogP contribution in [0.3, 0.4) is 0 Å². The molecule has 1 unspecified atom stereocenters. The van der Waals surface area contributed by atoms with Crippen LogP contribution in [-0.4, -0.2) is 11.9 Å². The summed E-state index contributed by atoms with van der Waals surface area (Å²) < 4.78 is 6.12. The summed E-state index contributed by atoms with van der Waals surface area (Å²) >= 11 is 1.93. The van der Waals surface area contributed by atoms with Crippen molar-refractivity contribution in [1.29, 1.82) is 0 Å². The monoisotopic (exact) mass is 299 g/mol. The van der Waals surface area contributed by atoms with Gasteiger partial charge in [-0.05, 0) is 48.6 Å². The number of ether oxygens (including phenoxy) is 1. The summed E-state index contributed by atoms with van der Waals surface area (Å²) in [5.74, 6) is 1.02. The molecule has 0 saturated carbocycles. The van der Waals surface area contributed by atoms with Crippen molar-refractivity contribution in [3.8, 4) is 5.75 Å². The molecule has 21 heavy (non-hydrogen) atoms. The van der Waals surface area contributed by atoms with Crippen molar-refractivity contribution in [3.63, 3.8) is 0 Å². The fourth-order valence-corrected chi connectivity index (χ4v) is 4.13. The lowest BCUT2D eigenvalue weighted by molar-refractivity contribution is 0.313. The summed E-state index contributed by atoms with van der Waals surface area (Å²) in [6, 6.07) is 12.9. The van der Waals surface area contributed by atoms with Crippen molar-refractivity contribution in [1.82, 2.24) is 0 Å². The molecule has 0 fully saturated rings. The number of fused-ring (bicyclic) bond motifs is 1. The van der Waals surface area contributed by atoms with Crippen LogP contribution in [0, 0.1) is 13.8 Å². The van der Waals surface area contributed by atoms with E-state index in [2.05, 4.69) is 50.2 Å². The first-order valence-corrected chi connectivity index (χ1v) is 8.23. The molecule has 110 valence electrons. The van der Waals surface area contributed by atoms with Crippen LogP contribution in [-0.2, 0) is 13.0 Å². The largest absolute Gasteiger partial charge is 0.492 e. The molecule has 1 atom stereocenters. The highest BCUT2D eigenvalue weighted by atomic mass is 32.2. The number of hydrogen-bond donors (Lipinski definition) is 1. The van der Waals surface area contributed by atoms with Crippen LogP contribution in [0.4, 0.5) is 0 Å². The molecule has 2 nitrogen and oxygen atoms in total. The minimum absolute atomic E-state index is 0.510. The van der Waals surface area contributed by atoms with E-state index < -0.39 is 0 Å². The van der Waals surface area contributed by atoms with Gasteiger partial charge in [0.25, 0.3) is 0 Å². The lowest BCUT2D eigenvalue weighted by atomic mass is 10.1. The number of nitrogens with two attached hydrogens (primary N) is 1. The van der Waals surface area contributed by atoms with Gasteiger partial charge in [-0.15, -0.1) is 11.8 Å². The molecule has 2 N–H and O–H groups in total. The molecule has 1 heterocycles. The average Bonchev–Trinajstić information content (AvgIpc) is 2.88. The van der Waals surface area contributed by atoms with Gasteiger partial charge in [-0.3, -0.25) is 0 Å². The summed E-state index contributed by atoms with van der Waals surface area (Å²) in [7, 11) is 0. The lowest BCUT2D eigenvalue weighted by Crippen LogP contribution is -2.14. The predicted molar refractivity (Wildman–Crippen MR) is 89.1 cm³/mol. The Kier molecular flexibility index (Phi) is 4.22. The van der Waals surface area contributed by atoms with Gasteiger partial charge < -0.3 is 10.5 Å². The molecule has 2 aromatic rings. The van der Waals surface area contributed by atoms with E-state index >= 15 is 0 Å². The maximum atomic E-state index is 6.12. The van der Waals surface area contributed by atoms with Gasteiger partial charge in [-0.25, -0.2) is 0 Å². The quantitative estimate of drug-likeness (QED) is 0.931. The van der Waals surface area contributed by atoms with E-state index in [0.29, 0.717) is 11.8 Å². The summed E-state index contributed by atoms with van der Waals surface area (Å²) in [5.41, 5.74) is 10.7. The zero-order valence-corrected chi connectivity index (χ0v) is 13.4. The number of aryl methyl sites for hydroxylation is 2. The fraction of sp³-hybridized carbons (Fsp3) is 0.333. The summed E-state index contributed by atoms with van der Waals surface area (Å²) in [5, 5.41) is 0.510. The first-order valence-electron chi connectivity index (χ1n) is 7.35. The van der Waals surface area contributed by atoms with E-state index in [9.17, 15) is 0 Å². The Morgan fingerprint density at radius 2 is 1.90 bits per heavy atom. The standard InChI is InChI=1S/C18H21NOS/c1-12-7-14(10-19)8-13(2)18(12)20-11-16-9-15-5-3-4-6-17(15)21-16/h3-8,16H,9-11,19H2,1-2H3. The van der Waals surface area contributed by atoms with E-state index in [1.54, 1.807) is 0 Å². The Hall–Kier alpha value is -1.45. The molecule has 0 radical (unpaired) electrons. The molecule has 0 spiro atoms. The molecule has 0 amide bonds. The Balaban J connectivity index is 1.67. The second-order valence-electron chi connectivity index (χ2n) is 5.63. The molecule has 1 aliphatic heterocycles. The van der Waals surface area contributed by atoms with Crippen LogP contribution in [0.15, 0.2) is 41.3 Å². The van der Waals surface area contributed by atoms with Crippen molar-refractivity contribution in [2.24, 2.45) is 5.73 Å². The van der Waals surface area contributed by atoms with Crippen LogP contribution in [0.25, 0.3) is 0 Å². The Morgan fingerprint density at radius 1 is 1.19 bits per heavy atom. The van der Waals surface area contributed by atoms with E-state index in [4.69, 9.17) is 10.5 Å². The molecule has 3 heteroatoms. The SMILES string of the molecule is Cc1cc(CN)cc(C)c1OCC1Cc2ccccc2S1. The lowest BCUT2D eigenvalue weighted by Gasteiger charge is -2.16. The molecule has 2 aromatic carbocycles. The average molecular weight is 299 g/mol. The molecular weight excluding hydrogens is 278 g/mol. The first kappa shape index (κ1) is 14.5. The molecule has 0 saturated heterocycles. The maximum absolute atomic E-state index is 6.12. The fourth-order valence-electron chi connectivity index (χ4n) is 2.91. The third-order valence-electron chi connectivity index (χ3n) is 3.88. The van der Waals surface area contributed by atoms with Gasteiger partial charge in [-0.2, -0.15) is 0 Å². The zero-order chi connectivity index (χ0) is 14.8. The summed E-state index contributed by atoms with van der Waals surface area (Å²) in [6.07, 6.45) is 1.10. The van der Waals surface area contributed by atoms with Crippen LogP contribution >= 0.6 is 11.8 Å². The van der Waals surface area contributed by atoms with Gasteiger partial charge in [0, 0.05) is 16.7 Å². The Morgan fingerprint density at radius 3 is 2.57 bits per heavy atom.